The second-order valence-electron chi connectivity index (χ2n) is 7.56. The number of imidazole rings is 1. The second-order valence-corrected chi connectivity index (χ2v) is 7.96. The molecule has 4 aromatic rings. The Hall–Kier alpha value is -3.27. The van der Waals surface area contributed by atoms with Crippen LogP contribution in [0.4, 0.5) is 4.39 Å². The molecule has 11 heteroatoms. The van der Waals surface area contributed by atoms with Crippen molar-refractivity contribution < 1.29 is 13.6 Å². The number of hydrogen-bond donors (Lipinski definition) is 1. The Labute approximate surface area is 174 Å². The Kier molecular flexibility index (Phi) is 4.14. The molecule has 0 fully saturated rings. The number of alkyl halides is 1. The first-order valence-corrected chi connectivity index (χ1v) is 9.70. The summed E-state index contributed by atoms with van der Waals surface area (Å²) in [5.41, 5.74) is 1.06. The van der Waals surface area contributed by atoms with Crippen molar-refractivity contribution >= 4 is 23.0 Å². The Morgan fingerprint density at radius 3 is 2.97 bits per heavy atom. The van der Waals surface area contributed by atoms with Gasteiger partial charge in [-0.05, 0) is 32.0 Å². The monoisotopic (exact) mass is 429 g/mol. The standard InChI is InChI=1S/C19H17ClFN7O2/c1-19(2,21)18-25-24-16(30-18)17(29)27-7-5-11-14(23-9-22-11)15(27)12-8-13-10(20)4-3-6-28(13)26-12/h3-4,6,8-9,15H,5,7H2,1-2H3,(H,22,23)/t15-/m0/s1. The van der Waals surface area contributed by atoms with Crippen LogP contribution in [0.3, 0.4) is 0 Å². The topological polar surface area (TPSA) is 105 Å². The molecule has 0 unspecified atom stereocenters. The number of fused-ring (bicyclic) bond motifs is 2. The molecule has 1 N–H and O–H groups in total. The fourth-order valence-electron chi connectivity index (χ4n) is 3.60. The van der Waals surface area contributed by atoms with E-state index in [0.717, 1.165) is 5.69 Å². The van der Waals surface area contributed by atoms with Crippen molar-refractivity contribution in [2.45, 2.75) is 32.0 Å². The fourth-order valence-corrected chi connectivity index (χ4v) is 3.82. The van der Waals surface area contributed by atoms with Crippen molar-refractivity contribution in [1.82, 2.24) is 34.7 Å². The Morgan fingerprint density at radius 1 is 1.40 bits per heavy atom. The molecule has 0 aromatic carbocycles. The molecule has 1 atom stereocenters. The van der Waals surface area contributed by atoms with Gasteiger partial charge in [0, 0.05) is 24.9 Å². The van der Waals surface area contributed by atoms with Crippen LogP contribution >= 0.6 is 11.6 Å². The highest BCUT2D eigenvalue weighted by atomic mass is 35.5. The van der Waals surface area contributed by atoms with Gasteiger partial charge in [-0.1, -0.05) is 11.6 Å². The zero-order valence-electron chi connectivity index (χ0n) is 16.1. The van der Waals surface area contributed by atoms with Crippen LogP contribution in [0.15, 0.2) is 35.1 Å². The van der Waals surface area contributed by atoms with Gasteiger partial charge in [0.1, 0.15) is 6.04 Å². The molecule has 154 valence electrons. The van der Waals surface area contributed by atoms with Crippen LogP contribution in [-0.2, 0) is 12.1 Å². The SMILES string of the molecule is CC(C)(F)c1nnc(C(=O)N2CCc3[nH]cnc3[C@@H]2c2cc3c(Cl)cccn3n2)o1. The molecule has 5 rings (SSSR count). The van der Waals surface area contributed by atoms with Gasteiger partial charge in [0.15, 0.2) is 5.67 Å². The molecule has 0 saturated carbocycles. The van der Waals surface area contributed by atoms with Gasteiger partial charge < -0.3 is 14.3 Å². The molecule has 1 aliphatic heterocycles. The third kappa shape index (κ3) is 2.95. The Balaban J connectivity index is 1.59. The summed E-state index contributed by atoms with van der Waals surface area (Å²) < 4.78 is 21.1. The zero-order chi connectivity index (χ0) is 21.0. The van der Waals surface area contributed by atoms with Crippen LogP contribution in [0.2, 0.25) is 5.02 Å². The van der Waals surface area contributed by atoms with Crippen LogP contribution in [0, 0.1) is 0 Å². The summed E-state index contributed by atoms with van der Waals surface area (Å²) in [6.45, 7) is 2.95. The van der Waals surface area contributed by atoms with E-state index in [-0.39, 0.29) is 11.8 Å². The summed E-state index contributed by atoms with van der Waals surface area (Å²) in [6, 6.07) is 4.79. The molecule has 5 heterocycles. The number of hydrogen-bond acceptors (Lipinski definition) is 6. The number of aromatic amines is 1. The highest BCUT2D eigenvalue weighted by Gasteiger charge is 2.39. The first-order valence-electron chi connectivity index (χ1n) is 9.33. The summed E-state index contributed by atoms with van der Waals surface area (Å²) in [5, 5.41) is 12.6. The minimum absolute atomic E-state index is 0.251. The summed E-state index contributed by atoms with van der Waals surface area (Å²) in [5.74, 6) is -1.04. The molecule has 0 saturated heterocycles. The van der Waals surface area contributed by atoms with E-state index in [1.165, 1.54) is 13.8 Å². The summed E-state index contributed by atoms with van der Waals surface area (Å²) in [7, 11) is 0. The highest BCUT2D eigenvalue weighted by molar-refractivity contribution is 6.33. The normalized spacial score (nSPS) is 16.8. The molecule has 1 amide bonds. The number of halogens is 2. The predicted molar refractivity (Wildman–Crippen MR) is 104 cm³/mol. The summed E-state index contributed by atoms with van der Waals surface area (Å²) >= 11 is 6.30. The largest absolute Gasteiger partial charge is 0.413 e. The maximum atomic E-state index is 14.1. The van der Waals surface area contributed by atoms with Gasteiger partial charge in [-0.15, -0.1) is 10.2 Å². The zero-order valence-corrected chi connectivity index (χ0v) is 16.9. The molecule has 0 aliphatic carbocycles. The highest BCUT2D eigenvalue weighted by Crippen LogP contribution is 2.35. The van der Waals surface area contributed by atoms with Crippen LogP contribution in [0.1, 0.15) is 53.5 Å². The van der Waals surface area contributed by atoms with E-state index in [2.05, 4.69) is 25.3 Å². The van der Waals surface area contributed by atoms with Crippen LogP contribution in [-0.4, -0.2) is 47.1 Å². The van der Waals surface area contributed by atoms with Crippen molar-refractivity contribution in [2.75, 3.05) is 6.54 Å². The van der Waals surface area contributed by atoms with Gasteiger partial charge in [-0.25, -0.2) is 13.9 Å². The van der Waals surface area contributed by atoms with Gasteiger partial charge in [0.05, 0.1) is 28.3 Å². The first kappa shape index (κ1) is 18.7. The van der Waals surface area contributed by atoms with Gasteiger partial charge >= 0.3 is 11.8 Å². The summed E-state index contributed by atoms with van der Waals surface area (Å²) in [6.07, 6.45) is 3.94. The first-order chi connectivity index (χ1) is 14.3. The average Bonchev–Trinajstić information content (AvgIpc) is 3.44. The van der Waals surface area contributed by atoms with Crippen LogP contribution < -0.4 is 0 Å². The van der Waals surface area contributed by atoms with E-state index in [1.54, 1.807) is 34.1 Å². The lowest BCUT2D eigenvalue weighted by Gasteiger charge is -2.32. The lowest BCUT2D eigenvalue weighted by atomic mass is 9.99. The molecule has 4 aromatic heterocycles. The Bertz CT molecular complexity index is 1260. The second kappa shape index (κ2) is 6.63. The van der Waals surface area contributed by atoms with Crippen molar-refractivity contribution in [2.24, 2.45) is 0 Å². The number of carbonyl (C=O) groups excluding carboxylic acids is 1. The van der Waals surface area contributed by atoms with Gasteiger partial charge in [0.25, 0.3) is 5.89 Å². The minimum Gasteiger partial charge on any atom is -0.413 e. The quantitative estimate of drug-likeness (QED) is 0.536. The van der Waals surface area contributed by atoms with Crippen LogP contribution in [0.5, 0.6) is 0 Å². The summed E-state index contributed by atoms with van der Waals surface area (Å²) in [4.78, 5) is 22.3. The van der Waals surface area contributed by atoms with E-state index in [4.69, 9.17) is 16.0 Å². The molecule has 0 spiro atoms. The van der Waals surface area contributed by atoms with E-state index in [1.807, 2.05) is 6.07 Å². The molecule has 30 heavy (non-hydrogen) atoms. The molecule has 0 bridgehead atoms. The van der Waals surface area contributed by atoms with Crippen LogP contribution in [0.25, 0.3) is 5.52 Å². The van der Waals surface area contributed by atoms with Crippen molar-refractivity contribution in [3.05, 3.63) is 64.6 Å². The number of amides is 1. The third-order valence-corrected chi connectivity index (χ3v) is 5.37. The van der Waals surface area contributed by atoms with E-state index in [0.29, 0.717) is 34.9 Å². The molecule has 1 aliphatic rings. The number of aromatic nitrogens is 6. The number of H-pyrrole nitrogens is 1. The van der Waals surface area contributed by atoms with Gasteiger partial charge in [-0.2, -0.15) is 5.10 Å². The van der Waals surface area contributed by atoms with Gasteiger partial charge in [0.2, 0.25) is 0 Å². The molecular formula is C19H17ClFN7O2. The van der Waals surface area contributed by atoms with E-state index < -0.39 is 17.6 Å². The number of nitrogens with one attached hydrogen (secondary N) is 1. The Morgan fingerprint density at radius 2 is 2.23 bits per heavy atom. The maximum absolute atomic E-state index is 14.1. The molecular weight excluding hydrogens is 413 g/mol. The number of rotatable bonds is 3. The smallest absolute Gasteiger partial charge is 0.312 e. The van der Waals surface area contributed by atoms with Gasteiger partial charge in [-0.3, -0.25) is 4.79 Å². The number of pyridine rings is 1. The number of carbonyl (C=O) groups is 1. The third-order valence-electron chi connectivity index (χ3n) is 5.05. The average molecular weight is 430 g/mol. The van der Waals surface area contributed by atoms with Crippen molar-refractivity contribution in [1.29, 1.82) is 0 Å². The lowest BCUT2D eigenvalue weighted by Crippen LogP contribution is -2.41. The van der Waals surface area contributed by atoms with Crippen molar-refractivity contribution in [3.8, 4) is 0 Å². The lowest BCUT2D eigenvalue weighted by molar-refractivity contribution is 0.0636. The number of nitrogens with zero attached hydrogens (tertiary/aromatic N) is 6. The minimum atomic E-state index is -1.85. The van der Waals surface area contributed by atoms with Crippen molar-refractivity contribution in [3.63, 3.8) is 0 Å². The molecule has 0 radical (unpaired) electrons. The van der Waals surface area contributed by atoms with E-state index >= 15 is 0 Å². The maximum Gasteiger partial charge on any atom is 0.312 e. The molecule has 9 nitrogen and oxygen atoms in total. The fraction of sp³-hybridized carbons (Fsp3) is 0.316. The van der Waals surface area contributed by atoms with E-state index in [9.17, 15) is 9.18 Å². The predicted octanol–water partition coefficient (Wildman–Crippen LogP) is 3.09.